The van der Waals surface area contributed by atoms with Crippen LogP contribution in [0.15, 0.2) is 18.7 Å². The van der Waals surface area contributed by atoms with Crippen molar-refractivity contribution >= 4 is 5.78 Å². The molecule has 1 aromatic rings. The van der Waals surface area contributed by atoms with E-state index in [0.29, 0.717) is 24.7 Å². The Morgan fingerprint density at radius 2 is 2.10 bits per heavy atom. The molecule has 0 bridgehead atoms. The molecule has 0 aliphatic heterocycles. The van der Waals surface area contributed by atoms with E-state index in [9.17, 15) is 11.3 Å². The highest BCUT2D eigenvalue weighted by Gasteiger charge is 2.62. The molecule has 1 aromatic heterocycles. The Kier molecular flexibility index (Phi) is 3.68. The minimum absolute atomic E-state index is 0.00255. The van der Waals surface area contributed by atoms with Crippen molar-refractivity contribution in [1.29, 1.82) is 0 Å². The second kappa shape index (κ2) is 7.69. The maximum Gasteiger partial charge on any atom is 0.156 e. The summed E-state index contributed by atoms with van der Waals surface area (Å²) in [6, 6.07) is 0. The summed E-state index contributed by atoms with van der Waals surface area (Å²) in [5, 5.41) is 11.3. The van der Waals surface area contributed by atoms with Crippen molar-refractivity contribution in [2.75, 3.05) is 13.6 Å². The van der Waals surface area contributed by atoms with E-state index in [1.165, 1.54) is 10.8 Å². The summed E-state index contributed by atoms with van der Waals surface area (Å²) in [4.78, 5) is 17.4. The number of ether oxygens (including phenoxy) is 1. The van der Waals surface area contributed by atoms with Gasteiger partial charge in [-0.05, 0) is 92.3 Å². The minimum Gasteiger partial charge on any atom is -0.387 e. The monoisotopic (exact) mass is 435 g/mol. The van der Waals surface area contributed by atoms with Crippen LogP contribution in [0.5, 0.6) is 0 Å². The molecule has 0 aromatic carbocycles. The molecule has 8 atom stereocenters. The van der Waals surface area contributed by atoms with Gasteiger partial charge in [0.25, 0.3) is 0 Å². The van der Waals surface area contributed by atoms with Crippen LogP contribution in [0.3, 0.4) is 0 Å². The molecule has 5 rings (SSSR count). The number of Topliss-reactive ketones (excluding diaryl/α,β-unsaturated/α-hetero) is 1. The van der Waals surface area contributed by atoms with Gasteiger partial charge in [0.05, 0.1) is 31.9 Å². The van der Waals surface area contributed by atoms with Gasteiger partial charge >= 0.3 is 0 Å². The number of hydrogen-bond donors (Lipinski definition) is 1. The summed E-state index contributed by atoms with van der Waals surface area (Å²) < 4.78 is 62.2. The molecule has 1 N–H and O–H groups in total. The van der Waals surface area contributed by atoms with Gasteiger partial charge < -0.3 is 14.4 Å². The summed E-state index contributed by atoms with van der Waals surface area (Å²) in [5.41, 5.74) is -2.43. The Labute approximate surface area is 196 Å². The number of aliphatic hydroxyl groups is 1. The molecule has 0 radical (unpaired) electrons. The van der Waals surface area contributed by atoms with Crippen molar-refractivity contribution in [2.45, 2.75) is 83.8 Å². The normalized spacial score (nSPS) is 53.3. The molecule has 0 saturated heterocycles. The van der Waals surface area contributed by atoms with E-state index in [4.69, 9.17) is 13.0 Å². The maximum atomic E-state index is 13.5. The lowest BCUT2D eigenvalue weighted by Crippen LogP contribution is -2.56. The number of carbonyl (C=O) groups is 1. The van der Waals surface area contributed by atoms with E-state index in [1.54, 1.807) is 6.20 Å². The third-order valence-corrected chi connectivity index (χ3v) is 9.91. The number of carbonyl (C=O) groups excluding carboxylic acids is 1. The van der Waals surface area contributed by atoms with Crippen molar-refractivity contribution in [3.63, 3.8) is 0 Å². The summed E-state index contributed by atoms with van der Waals surface area (Å²) in [5.74, 6) is -0.355. The Hall–Kier alpha value is -1.20. The lowest BCUT2D eigenvalue weighted by Gasteiger charge is -2.62. The van der Waals surface area contributed by atoms with Gasteiger partial charge in [0, 0.05) is 26.7 Å². The summed E-state index contributed by atoms with van der Waals surface area (Å²) >= 11 is 0. The van der Waals surface area contributed by atoms with Crippen LogP contribution in [0.1, 0.15) is 81.2 Å². The van der Waals surface area contributed by atoms with Crippen LogP contribution in [0.2, 0.25) is 0 Å². The zero-order valence-corrected chi connectivity index (χ0v) is 18.7. The van der Waals surface area contributed by atoms with Crippen molar-refractivity contribution in [3.8, 4) is 0 Å². The van der Waals surface area contributed by atoms with Gasteiger partial charge in [0.2, 0.25) is 0 Å². The topological polar surface area (TPSA) is 64.4 Å². The van der Waals surface area contributed by atoms with Crippen molar-refractivity contribution in [1.82, 2.24) is 9.55 Å². The van der Waals surface area contributed by atoms with Gasteiger partial charge in [-0.25, -0.2) is 4.98 Å². The first-order valence-electron chi connectivity index (χ1n) is 15.4. The third-order valence-electron chi connectivity index (χ3n) is 9.91. The predicted molar refractivity (Wildman–Crippen MR) is 119 cm³/mol. The fraction of sp³-hybridized carbons (Fsp3) is 0.846. The molecule has 172 valence electrons. The first kappa shape index (κ1) is 14.8. The van der Waals surface area contributed by atoms with Crippen LogP contribution in [0.25, 0.3) is 0 Å². The van der Waals surface area contributed by atoms with Crippen molar-refractivity contribution in [3.05, 3.63) is 18.7 Å². The van der Waals surface area contributed by atoms with Gasteiger partial charge in [0.1, 0.15) is 1.37 Å². The Bertz CT molecular complexity index is 1100. The van der Waals surface area contributed by atoms with Crippen molar-refractivity contribution in [2.24, 2.45) is 40.4 Å². The summed E-state index contributed by atoms with van der Waals surface area (Å²) in [6.07, 6.45) is 8.71. The first-order valence-corrected chi connectivity index (χ1v) is 11.9. The highest BCUT2D eigenvalue weighted by molar-refractivity contribution is 5.82. The lowest BCUT2D eigenvalue weighted by atomic mass is 9.44. The zero-order valence-electron chi connectivity index (χ0n) is 25.7. The molecule has 4 aliphatic carbocycles. The molecule has 0 spiro atoms. The molecular formula is C26H40N2O3. The SMILES string of the molecule is [2H]c1nccn1CC(=O)[C@@]1([2H])CC[C@H]2[C@@H]3CC[C@H]4C[C@@](O)(C([2H])([2H])OC([2H])([2H])[2H])CC[C@]4(C)[C@H]3CC[C@@]21C. The van der Waals surface area contributed by atoms with E-state index >= 15 is 0 Å². The van der Waals surface area contributed by atoms with Gasteiger partial charge in [-0.3, -0.25) is 4.79 Å². The molecule has 5 nitrogen and oxygen atoms in total. The van der Waals surface area contributed by atoms with Crippen LogP contribution in [0, 0.1) is 40.4 Å². The molecule has 31 heavy (non-hydrogen) atoms. The second-order valence-electron chi connectivity index (χ2n) is 11.1. The Morgan fingerprint density at radius 3 is 2.87 bits per heavy atom. The van der Waals surface area contributed by atoms with Gasteiger partial charge in [-0.2, -0.15) is 0 Å². The molecule has 4 saturated carbocycles. The Balaban J connectivity index is 1.35. The van der Waals surface area contributed by atoms with Crippen LogP contribution in [-0.2, 0) is 16.1 Å². The van der Waals surface area contributed by atoms with Gasteiger partial charge in [-0.1, -0.05) is 13.8 Å². The van der Waals surface area contributed by atoms with E-state index in [0.717, 1.165) is 32.1 Å². The van der Waals surface area contributed by atoms with Gasteiger partial charge in [-0.15, -0.1) is 0 Å². The largest absolute Gasteiger partial charge is 0.387 e. The fourth-order valence-electron chi connectivity index (χ4n) is 8.30. The number of ketones is 1. The number of hydrogen-bond acceptors (Lipinski definition) is 4. The van der Waals surface area contributed by atoms with Crippen LogP contribution < -0.4 is 0 Å². The average Bonchev–Trinajstić information content (AvgIpc) is 3.33. The summed E-state index contributed by atoms with van der Waals surface area (Å²) in [7, 11) is -2.94. The molecule has 0 unspecified atom stereocenters. The van der Waals surface area contributed by atoms with Crippen LogP contribution in [0.4, 0.5) is 0 Å². The van der Waals surface area contributed by atoms with E-state index in [1.807, 2.05) is 0 Å². The molecule has 0 amide bonds. The van der Waals surface area contributed by atoms with E-state index in [-0.39, 0.29) is 48.7 Å². The number of methoxy groups -OCH3 is 1. The lowest BCUT2D eigenvalue weighted by molar-refractivity contribution is -0.164. The molecular weight excluding hydrogens is 388 g/mol. The minimum atomic E-state index is -2.94. The number of aromatic nitrogens is 2. The van der Waals surface area contributed by atoms with E-state index < -0.39 is 30.5 Å². The predicted octanol–water partition coefficient (Wildman–Crippen LogP) is 4.49. The average molecular weight is 436 g/mol. The first-order chi connectivity index (χ1) is 17.5. The summed E-state index contributed by atoms with van der Waals surface area (Å²) in [6.45, 7) is 1.69. The van der Waals surface area contributed by atoms with E-state index in [2.05, 4.69) is 18.8 Å². The molecule has 1 heterocycles. The molecule has 4 fully saturated rings. The number of nitrogens with zero attached hydrogens (tertiary/aromatic N) is 2. The third kappa shape index (κ3) is 3.42. The quantitative estimate of drug-likeness (QED) is 0.740. The van der Waals surface area contributed by atoms with Gasteiger partial charge in [0.15, 0.2) is 5.78 Å². The van der Waals surface area contributed by atoms with Crippen LogP contribution in [-0.4, -0.2) is 39.6 Å². The molecule has 5 heteroatoms. The van der Waals surface area contributed by atoms with Crippen molar-refractivity contribution < 1.29 is 24.2 Å². The zero-order chi connectivity index (χ0) is 27.9. The number of rotatable bonds is 5. The Morgan fingerprint density at radius 1 is 1.26 bits per heavy atom. The second-order valence-corrected chi connectivity index (χ2v) is 11.1. The smallest absolute Gasteiger partial charge is 0.156 e. The fourth-order valence-corrected chi connectivity index (χ4v) is 8.30. The highest BCUT2D eigenvalue weighted by Crippen LogP contribution is 2.68. The number of imidazole rings is 1. The van der Waals surface area contributed by atoms with Crippen LogP contribution >= 0.6 is 0 Å². The standard InChI is InChI=1S/C26H40N2O3/c1-24-10-11-26(30,16-31-3)14-18(24)4-5-19-20-6-7-22(25(20,2)9-8-21(19)24)23(29)15-28-13-12-27-17-28/h12-13,17-22,30H,4-11,14-16H2,1-3H3/t18-,19-,20-,21-,22+,24-,25-,26+/m0/s1/i3D3,16D2,17D,22D. The molecule has 4 aliphatic rings. The number of fused-ring (bicyclic) bond motifs is 5. The highest BCUT2D eigenvalue weighted by atomic mass is 16.5. The maximum absolute atomic E-state index is 13.5.